The van der Waals surface area contributed by atoms with Crippen LogP contribution >= 0.6 is 11.8 Å². The Hall–Kier alpha value is -3.26. The molecule has 1 aliphatic rings. The summed E-state index contributed by atoms with van der Waals surface area (Å²) in [6.45, 7) is 0. The number of aliphatic carboxylic acids is 1. The number of para-hydroxylation sites is 2. The van der Waals surface area contributed by atoms with Crippen LogP contribution in [0.25, 0.3) is 6.08 Å². The Balaban J connectivity index is 1.99. The van der Waals surface area contributed by atoms with E-state index in [4.69, 9.17) is 14.6 Å². The molecule has 0 bridgehead atoms. The number of anilines is 1. The molecule has 0 saturated carbocycles. The number of benzene rings is 2. The molecule has 0 unspecified atom stereocenters. The lowest BCUT2D eigenvalue weighted by atomic mass is 10.1. The molecule has 0 fully saturated rings. The predicted molar refractivity (Wildman–Crippen MR) is 114 cm³/mol. The highest BCUT2D eigenvalue weighted by Crippen LogP contribution is 2.34. The number of amides is 1. The van der Waals surface area contributed by atoms with E-state index in [0.29, 0.717) is 33.7 Å². The van der Waals surface area contributed by atoms with Crippen molar-refractivity contribution in [2.24, 2.45) is 4.99 Å². The number of carboxylic acids is 1. The molecule has 1 N–H and O–H groups in total. The first-order valence-electron chi connectivity index (χ1n) is 8.80. The number of ether oxygens (including phenoxy) is 2. The van der Waals surface area contributed by atoms with E-state index in [-0.39, 0.29) is 18.0 Å². The van der Waals surface area contributed by atoms with Crippen LogP contribution in [0.2, 0.25) is 0 Å². The Kier molecular flexibility index (Phi) is 6.56. The topological polar surface area (TPSA) is 88.4 Å². The fourth-order valence-corrected chi connectivity index (χ4v) is 3.74. The fourth-order valence-electron chi connectivity index (χ4n) is 2.80. The fraction of sp³-hybridized carbons (Fsp3) is 0.190. The van der Waals surface area contributed by atoms with Crippen LogP contribution in [0.15, 0.2) is 59.2 Å². The lowest BCUT2D eigenvalue weighted by molar-refractivity contribution is -0.136. The molecule has 8 heteroatoms. The minimum atomic E-state index is -0.898. The molecular formula is C21H20N2O5S. The van der Waals surface area contributed by atoms with Crippen molar-refractivity contribution in [2.75, 3.05) is 24.9 Å². The van der Waals surface area contributed by atoms with E-state index in [2.05, 4.69) is 4.99 Å². The van der Waals surface area contributed by atoms with Gasteiger partial charge in [0.2, 0.25) is 0 Å². The summed E-state index contributed by atoms with van der Waals surface area (Å²) in [5.74, 6) is 0.168. The van der Waals surface area contributed by atoms with Crippen LogP contribution in [-0.4, -0.2) is 42.1 Å². The van der Waals surface area contributed by atoms with Gasteiger partial charge in [0.15, 0.2) is 16.7 Å². The molecule has 0 radical (unpaired) electrons. The summed E-state index contributed by atoms with van der Waals surface area (Å²) < 4.78 is 10.7. The average Bonchev–Trinajstić information content (AvgIpc) is 3.03. The van der Waals surface area contributed by atoms with Crippen LogP contribution in [0.5, 0.6) is 11.5 Å². The first-order chi connectivity index (χ1) is 14.0. The number of carboxylic acid groups (broad SMARTS) is 1. The molecule has 150 valence electrons. The second-order valence-corrected chi connectivity index (χ2v) is 7.04. The van der Waals surface area contributed by atoms with E-state index in [1.54, 1.807) is 43.5 Å². The van der Waals surface area contributed by atoms with Gasteiger partial charge < -0.3 is 14.6 Å². The summed E-state index contributed by atoms with van der Waals surface area (Å²) in [5.41, 5.74) is 1.56. The van der Waals surface area contributed by atoms with Crippen molar-refractivity contribution in [3.63, 3.8) is 0 Å². The maximum Gasteiger partial charge on any atom is 0.304 e. The van der Waals surface area contributed by atoms with E-state index in [9.17, 15) is 9.59 Å². The smallest absolute Gasteiger partial charge is 0.304 e. The molecule has 1 heterocycles. The molecule has 0 aliphatic carbocycles. The third-order valence-electron chi connectivity index (χ3n) is 4.12. The van der Waals surface area contributed by atoms with Crippen molar-refractivity contribution in [1.82, 2.24) is 0 Å². The van der Waals surface area contributed by atoms with Gasteiger partial charge in [0.05, 0.1) is 26.3 Å². The monoisotopic (exact) mass is 412 g/mol. The van der Waals surface area contributed by atoms with Crippen molar-refractivity contribution in [3.8, 4) is 11.5 Å². The molecule has 0 atom stereocenters. The van der Waals surface area contributed by atoms with Crippen LogP contribution in [0, 0.1) is 0 Å². The molecule has 0 spiro atoms. The van der Waals surface area contributed by atoms with Gasteiger partial charge in [0.25, 0.3) is 5.91 Å². The third-order valence-corrected chi connectivity index (χ3v) is 5.06. The van der Waals surface area contributed by atoms with Gasteiger partial charge in [0, 0.05) is 11.3 Å². The van der Waals surface area contributed by atoms with Crippen molar-refractivity contribution in [2.45, 2.75) is 6.42 Å². The highest BCUT2D eigenvalue weighted by molar-refractivity contribution is 8.14. The van der Waals surface area contributed by atoms with Gasteiger partial charge in [-0.1, -0.05) is 42.1 Å². The standard InChI is InChI=1S/C21H20N2O5S/c1-27-17-10-6-7-14(19(17)28-2)13-16-20(26)23(15-8-4-3-5-9-15)21(22-16)29-12-11-18(24)25/h3-10,13H,11-12H2,1-2H3,(H,24,25)/b16-13-. The Morgan fingerprint density at radius 1 is 1.14 bits per heavy atom. The molecule has 2 aromatic rings. The van der Waals surface area contributed by atoms with Crippen LogP contribution in [0.1, 0.15) is 12.0 Å². The Bertz CT molecular complexity index is 972. The van der Waals surface area contributed by atoms with Gasteiger partial charge in [-0.2, -0.15) is 0 Å². The normalized spacial score (nSPS) is 14.8. The maximum absolute atomic E-state index is 13.1. The minimum Gasteiger partial charge on any atom is -0.493 e. The summed E-state index contributed by atoms with van der Waals surface area (Å²) >= 11 is 1.23. The van der Waals surface area contributed by atoms with E-state index in [1.165, 1.54) is 23.8 Å². The summed E-state index contributed by atoms with van der Waals surface area (Å²) in [7, 11) is 3.07. The molecule has 7 nitrogen and oxygen atoms in total. The van der Waals surface area contributed by atoms with Crippen LogP contribution in [0.4, 0.5) is 5.69 Å². The minimum absolute atomic E-state index is 0.0245. The largest absolute Gasteiger partial charge is 0.493 e. The number of hydrogen-bond donors (Lipinski definition) is 1. The van der Waals surface area contributed by atoms with Gasteiger partial charge in [-0.15, -0.1) is 0 Å². The number of methoxy groups -OCH3 is 2. The zero-order chi connectivity index (χ0) is 20.8. The molecule has 1 amide bonds. The summed E-state index contributed by atoms with van der Waals surface area (Å²) in [6.07, 6.45) is 1.62. The number of nitrogens with zero attached hydrogens (tertiary/aromatic N) is 2. The maximum atomic E-state index is 13.1. The average molecular weight is 412 g/mol. The lowest BCUT2D eigenvalue weighted by Crippen LogP contribution is -2.30. The Morgan fingerprint density at radius 2 is 1.90 bits per heavy atom. The van der Waals surface area contributed by atoms with E-state index >= 15 is 0 Å². The first-order valence-corrected chi connectivity index (χ1v) is 9.79. The van der Waals surface area contributed by atoms with Gasteiger partial charge in [-0.3, -0.25) is 14.5 Å². The summed E-state index contributed by atoms with van der Waals surface area (Å²) in [5, 5.41) is 9.35. The van der Waals surface area contributed by atoms with Crippen LogP contribution in [0.3, 0.4) is 0 Å². The summed E-state index contributed by atoms with van der Waals surface area (Å²) in [4.78, 5) is 29.9. The number of rotatable bonds is 7. The second kappa shape index (κ2) is 9.29. The van der Waals surface area contributed by atoms with E-state index in [0.717, 1.165) is 0 Å². The molecule has 2 aromatic carbocycles. The molecule has 0 saturated heterocycles. The second-order valence-electron chi connectivity index (χ2n) is 5.98. The van der Waals surface area contributed by atoms with Crippen molar-refractivity contribution < 1.29 is 24.2 Å². The van der Waals surface area contributed by atoms with Gasteiger partial charge in [-0.25, -0.2) is 4.99 Å². The van der Waals surface area contributed by atoms with Gasteiger partial charge in [-0.05, 0) is 24.3 Å². The Labute approximate surface area is 172 Å². The van der Waals surface area contributed by atoms with Crippen molar-refractivity contribution in [1.29, 1.82) is 0 Å². The number of thioether (sulfide) groups is 1. The first kappa shape index (κ1) is 20.5. The number of hydrogen-bond acceptors (Lipinski definition) is 6. The number of aliphatic imine (C=N–C) groups is 1. The zero-order valence-electron chi connectivity index (χ0n) is 16.0. The SMILES string of the molecule is COc1cccc(/C=C2\N=C(SCCC(=O)O)N(c3ccccc3)C2=O)c1OC. The number of carbonyl (C=O) groups excluding carboxylic acids is 1. The number of amidine groups is 1. The van der Waals surface area contributed by atoms with Crippen molar-refractivity contribution in [3.05, 3.63) is 59.8 Å². The van der Waals surface area contributed by atoms with Gasteiger partial charge in [0.1, 0.15) is 5.70 Å². The third kappa shape index (κ3) is 4.60. The lowest BCUT2D eigenvalue weighted by Gasteiger charge is -2.17. The van der Waals surface area contributed by atoms with E-state index in [1.807, 2.05) is 18.2 Å². The van der Waals surface area contributed by atoms with Gasteiger partial charge >= 0.3 is 5.97 Å². The highest BCUT2D eigenvalue weighted by Gasteiger charge is 2.32. The molecule has 3 rings (SSSR count). The quantitative estimate of drug-likeness (QED) is 0.699. The molecule has 0 aromatic heterocycles. The molecule has 29 heavy (non-hydrogen) atoms. The number of carbonyl (C=O) groups is 2. The predicted octanol–water partition coefficient (Wildman–Crippen LogP) is 3.66. The van der Waals surface area contributed by atoms with Crippen LogP contribution in [-0.2, 0) is 9.59 Å². The highest BCUT2D eigenvalue weighted by atomic mass is 32.2. The Morgan fingerprint density at radius 3 is 2.55 bits per heavy atom. The van der Waals surface area contributed by atoms with E-state index < -0.39 is 5.97 Å². The van der Waals surface area contributed by atoms with Crippen LogP contribution < -0.4 is 14.4 Å². The molecular weight excluding hydrogens is 392 g/mol. The van der Waals surface area contributed by atoms with Crippen molar-refractivity contribution >= 4 is 40.6 Å². The molecule has 1 aliphatic heterocycles. The summed E-state index contributed by atoms with van der Waals surface area (Å²) in [6, 6.07) is 14.5. The zero-order valence-corrected chi connectivity index (χ0v) is 16.8.